The first kappa shape index (κ1) is 17.9. The summed E-state index contributed by atoms with van der Waals surface area (Å²) in [7, 11) is 0. The van der Waals surface area contributed by atoms with Gasteiger partial charge in [-0.2, -0.15) is 0 Å². The zero-order valence-corrected chi connectivity index (χ0v) is 15.7. The molecule has 0 bridgehead atoms. The van der Waals surface area contributed by atoms with E-state index in [1.54, 1.807) is 0 Å². The molecule has 4 rings (SSSR count). The van der Waals surface area contributed by atoms with Crippen molar-refractivity contribution in [2.75, 3.05) is 6.61 Å². The highest BCUT2D eigenvalue weighted by molar-refractivity contribution is 5.83. The summed E-state index contributed by atoms with van der Waals surface area (Å²) in [5, 5.41) is 30.7. The van der Waals surface area contributed by atoms with Gasteiger partial charge in [0.15, 0.2) is 5.78 Å². The van der Waals surface area contributed by atoms with Gasteiger partial charge in [-0.05, 0) is 85.9 Å². The summed E-state index contributed by atoms with van der Waals surface area (Å²) in [4.78, 5) is 12.3. The molecule has 25 heavy (non-hydrogen) atoms. The Balaban J connectivity index is 1.65. The van der Waals surface area contributed by atoms with E-state index in [2.05, 4.69) is 13.8 Å². The molecule has 0 heterocycles. The first-order chi connectivity index (χ1) is 11.8. The molecular weight excluding hydrogens is 316 g/mol. The van der Waals surface area contributed by atoms with Gasteiger partial charge in [0.2, 0.25) is 0 Å². The van der Waals surface area contributed by atoms with Crippen LogP contribution in [0.15, 0.2) is 0 Å². The third kappa shape index (κ3) is 2.47. The van der Waals surface area contributed by atoms with Gasteiger partial charge in [-0.1, -0.05) is 13.8 Å². The van der Waals surface area contributed by atoms with E-state index in [1.165, 1.54) is 0 Å². The first-order valence-corrected chi connectivity index (χ1v) is 10.3. The molecule has 4 saturated carbocycles. The predicted octanol–water partition coefficient (Wildman–Crippen LogP) is 2.54. The molecule has 0 aromatic heterocycles. The van der Waals surface area contributed by atoms with Crippen molar-refractivity contribution < 1.29 is 20.1 Å². The van der Waals surface area contributed by atoms with E-state index in [0.717, 1.165) is 44.9 Å². The van der Waals surface area contributed by atoms with Crippen LogP contribution in [0.4, 0.5) is 0 Å². The van der Waals surface area contributed by atoms with Gasteiger partial charge in [-0.15, -0.1) is 0 Å². The fourth-order valence-electron chi connectivity index (χ4n) is 8.00. The summed E-state index contributed by atoms with van der Waals surface area (Å²) in [6.07, 6.45) is 7.12. The van der Waals surface area contributed by atoms with Crippen LogP contribution in [0.3, 0.4) is 0 Å². The molecule has 0 radical (unpaired) electrons. The number of rotatable bonds is 2. The van der Waals surface area contributed by atoms with Gasteiger partial charge < -0.3 is 15.3 Å². The quantitative estimate of drug-likeness (QED) is 0.715. The average molecular weight is 350 g/mol. The summed E-state index contributed by atoms with van der Waals surface area (Å²) in [5.41, 5.74) is -0.0280. The van der Waals surface area contributed by atoms with Crippen LogP contribution in [0.5, 0.6) is 0 Å². The van der Waals surface area contributed by atoms with Crippen LogP contribution >= 0.6 is 0 Å². The third-order valence-electron chi connectivity index (χ3n) is 9.11. The van der Waals surface area contributed by atoms with E-state index >= 15 is 0 Å². The lowest BCUT2D eigenvalue weighted by Crippen LogP contribution is -2.59. The maximum atomic E-state index is 12.3. The lowest BCUT2D eigenvalue weighted by Gasteiger charge is -2.62. The maximum Gasteiger partial charge on any atom is 0.161 e. The van der Waals surface area contributed by atoms with Crippen LogP contribution < -0.4 is 0 Å². The van der Waals surface area contributed by atoms with Gasteiger partial charge in [0.1, 0.15) is 6.61 Å². The zero-order chi connectivity index (χ0) is 18.0. The summed E-state index contributed by atoms with van der Waals surface area (Å²) >= 11 is 0. The largest absolute Gasteiger partial charge is 0.393 e. The molecule has 8 unspecified atom stereocenters. The number of ketones is 1. The molecule has 0 aromatic rings. The standard InChI is InChI=1S/C21H34O4/c1-20-8-7-13(23)9-12(20)3-4-14-15-5-6-16(18(25)11-22)21(15,2)10-17(24)19(14)20/h12-17,19,22-24H,3-11H2,1-2H3/t12?,13-,14?,15?,16?,17?,19?,20?,21?/m1/s1. The molecule has 0 aliphatic heterocycles. The van der Waals surface area contributed by atoms with Gasteiger partial charge in [-0.3, -0.25) is 4.79 Å². The fourth-order valence-corrected chi connectivity index (χ4v) is 8.00. The highest BCUT2D eigenvalue weighted by Crippen LogP contribution is 2.67. The van der Waals surface area contributed by atoms with E-state index in [0.29, 0.717) is 30.1 Å². The van der Waals surface area contributed by atoms with Gasteiger partial charge >= 0.3 is 0 Å². The van der Waals surface area contributed by atoms with E-state index in [4.69, 9.17) is 0 Å². The van der Waals surface area contributed by atoms with Crippen molar-refractivity contribution >= 4 is 5.78 Å². The van der Waals surface area contributed by atoms with Crippen LogP contribution in [0.1, 0.15) is 65.2 Å². The van der Waals surface area contributed by atoms with Gasteiger partial charge in [0.05, 0.1) is 12.2 Å². The molecule has 3 N–H and O–H groups in total. The molecule has 0 spiro atoms. The highest BCUT2D eigenvalue weighted by Gasteiger charge is 2.63. The van der Waals surface area contributed by atoms with Crippen LogP contribution in [-0.2, 0) is 4.79 Å². The Kier molecular flexibility index (Phi) is 4.33. The molecule has 142 valence electrons. The molecule has 0 aromatic carbocycles. The first-order valence-electron chi connectivity index (χ1n) is 10.3. The van der Waals surface area contributed by atoms with Crippen LogP contribution in [0, 0.1) is 40.4 Å². The Bertz CT molecular complexity index is 548. The number of aliphatic hydroxyl groups is 3. The molecule has 9 atom stereocenters. The summed E-state index contributed by atoms with van der Waals surface area (Å²) in [6.45, 7) is 4.19. The Morgan fingerprint density at radius 3 is 2.52 bits per heavy atom. The van der Waals surface area contributed by atoms with Crippen LogP contribution in [-0.4, -0.2) is 39.9 Å². The van der Waals surface area contributed by atoms with Crippen LogP contribution in [0.2, 0.25) is 0 Å². The summed E-state index contributed by atoms with van der Waals surface area (Å²) in [6, 6.07) is 0. The number of hydrogen-bond acceptors (Lipinski definition) is 4. The molecule has 4 heteroatoms. The van der Waals surface area contributed by atoms with E-state index < -0.39 is 0 Å². The molecule has 0 saturated heterocycles. The predicted molar refractivity (Wildman–Crippen MR) is 94.7 cm³/mol. The number of carbonyl (C=O) groups is 1. The summed E-state index contributed by atoms with van der Waals surface area (Å²) in [5.74, 6) is 1.69. The third-order valence-corrected chi connectivity index (χ3v) is 9.11. The molecule has 4 nitrogen and oxygen atoms in total. The topological polar surface area (TPSA) is 77.8 Å². The van der Waals surface area contributed by atoms with Crippen molar-refractivity contribution in [3.8, 4) is 0 Å². The second kappa shape index (κ2) is 6.03. The lowest BCUT2D eigenvalue weighted by molar-refractivity contribution is -0.179. The monoisotopic (exact) mass is 350 g/mol. The Hall–Kier alpha value is -0.450. The van der Waals surface area contributed by atoms with Crippen molar-refractivity contribution in [2.45, 2.75) is 77.4 Å². The van der Waals surface area contributed by atoms with Gasteiger partial charge in [0, 0.05) is 5.92 Å². The number of hydrogen-bond donors (Lipinski definition) is 3. The van der Waals surface area contributed by atoms with Crippen molar-refractivity contribution in [1.29, 1.82) is 0 Å². The molecule has 4 fully saturated rings. The smallest absolute Gasteiger partial charge is 0.161 e. The van der Waals surface area contributed by atoms with E-state index in [1.807, 2.05) is 0 Å². The normalized spacial score (nSPS) is 55.2. The van der Waals surface area contributed by atoms with Crippen LogP contribution in [0.25, 0.3) is 0 Å². The van der Waals surface area contributed by atoms with Crippen molar-refractivity contribution in [3.05, 3.63) is 0 Å². The number of aliphatic hydroxyl groups excluding tert-OH is 3. The molecular formula is C21H34O4. The van der Waals surface area contributed by atoms with Crippen molar-refractivity contribution in [2.24, 2.45) is 40.4 Å². The van der Waals surface area contributed by atoms with Crippen molar-refractivity contribution in [3.63, 3.8) is 0 Å². The minimum Gasteiger partial charge on any atom is -0.393 e. The number of Topliss-reactive ketones (excluding diaryl/α,β-unsaturated/α-hetero) is 1. The highest BCUT2D eigenvalue weighted by atomic mass is 16.3. The van der Waals surface area contributed by atoms with Gasteiger partial charge in [0.25, 0.3) is 0 Å². The lowest BCUT2D eigenvalue weighted by atomic mass is 9.44. The second-order valence-electron chi connectivity index (χ2n) is 10.0. The molecule has 4 aliphatic carbocycles. The summed E-state index contributed by atoms with van der Waals surface area (Å²) < 4.78 is 0. The number of fused-ring (bicyclic) bond motifs is 5. The molecule has 4 aliphatic rings. The minimum absolute atomic E-state index is 0.0312. The van der Waals surface area contributed by atoms with Gasteiger partial charge in [-0.25, -0.2) is 0 Å². The van der Waals surface area contributed by atoms with Crippen molar-refractivity contribution in [1.82, 2.24) is 0 Å². The number of carbonyl (C=O) groups excluding carboxylic acids is 1. The maximum absolute atomic E-state index is 12.3. The minimum atomic E-state index is -0.366. The fraction of sp³-hybridized carbons (Fsp3) is 0.952. The Morgan fingerprint density at radius 2 is 1.80 bits per heavy atom. The van der Waals surface area contributed by atoms with E-state index in [9.17, 15) is 20.1 Å². The SMILES string of the molecule is CC12CC(O)C3C(CCC4C[C@H](O)CCC43C)C1CCC2C(=O)CO. The Labute approximate surface area is 151 Å². The molecule has 0 amide bonds. The van der Waals surface area contributed by atoms with E-state index in [-0.39, 0.29) is 41.3 Å². The zero-order valence-electron chi connectivity index (χ0n) is 15.7. The second-order valence-corrected chi connectivity index (χ2v) is 10.0. The Morgan fingerprint density at radius 1 is 1.04 bits per heavy atom. The average Bonchev–Trinajstić information content (AvgIpc) is 2.91.